The molecule has 1 aromatic heterocycles. The lowest BCUT2D eigenvalue weighted by Crippen LogP contribution is -2.42. The number of amides is 1. The van der Waals surface area contributed by atoms with E-state index in [4.69, 9.17) is 5.73 Å². The zero-order valence-corrected chi connectivity index (χ0v) is 10.5. The van der Waals surface area contributed by atoms with Crippen molar-refractivity contribution in [1.82, 2.24) is 9.88 Å². The first-order valence-corrected chi connectivity index (χ1v) is 6.06. The smallest absolute Gasteiger partial charge is 0.381 e. The van der Waals surface area contributed by atoms with Gasteiger partial charge in [0.2, 0.25) is 0 Å². The zero-order chi connectivity index (χ0) is 14.9. The number of nitrogens with zero attached hydrogens (tertiary/aromatic N) is 2. The van der Waals surface area contributed by atoms with Gasteiger partial charge in [0.15, 0.2) is 11.6 Å². The second kappa shape index (κ2) is 5.26. The topological polar surface area (TPSA) is 59.2 Å². The summed E-state index contributed by atoms with van der Waals surface area (Å²) < 4.78 is 51.2. The van der Waals surface area contributed by atoms with Gasteiger partial charge >= 0.3 is 6.18 Å². The van der Waals surface area contributed by atoms with Crippen LogP contribution in [0.5, 0.6) is 0 Å². The van der Waals surface area contributed by atoms with Crippen LogP contribution in [0.15, 0.2) is 12.3 Å². The molecule has 4 nitrogen and oxygen atoms in total. The molecule has 2 N–H and O–H groups in total. The predicted molar refractivity (Wildman–Crippen MR) is 63.3 cm³/mol. The summed E-state index contributed by atoms with van der Waals surface area (Å²) >= 11 is 0. The molecular formula is C12H13F4N3O. The molecule has 1 aromatic rings. The largest absolute Gasteiger partial charge is 0.391 e. The summed E-state index contributed by atoms with van der Waals surface area (Å²) in [7, 11) is 0. The molecule has 110 valence electrons. The number of aromatic nitrogens is 1. The van der Waals surface area contributed by atoms with Gasteiger partial charge in [0.1, 0.15) is 0 Å². The van der Waals surface area contributed by atoms with Gasteiger partial charge in [-0.1, -0.05) is 0 Å². The van der Waals surface area contributed by atoms with Crippen molar-refractivity contribution in [2.24, 2.45) is 5.92 Å². The summed E-state index contributed by atoms with van der Waals surface area (Å²) in [6, 6.07) is 1.17. The Labute approximate surface area is 112 Å². The van der Waals surface area contributed by atoms with Crippen LogP contribution in [0.1, 0.15) is 23.2 Å². The van der Waals surface area contributed by atoms with E-state index in [1.165, 1.54) is 17.2 Å². The van der Waals surface area contributed by atoms with Crippen LogP contribution >= 0.6 is 0 Å². The van der Waals surface area contributed by atoms with Gasteiger partial charge in [-0.05, 0) is 18.9 Å². The fraction of sp³-hybridized carbons (Fsp3) is 0.500. The Balaban J connectivity index is 2.07. The molecule has 0 atom stereocenters. The van der Waals surface area contributed by atoms with Crippen molar-refractivity contribution in [3.05, 3.63) is 23.6 Å². The summed E-state index contributed by atoms with van der Waals surface area (Å²) in [5.41, 5.74) is 5.00. The Morgan fingerprint density at radius 3 is 2.50 bits per heavy atom. The number of likely N-dealkylation sites (tertiary alicyclic amines) is 1. The van der Waals surface area contributed by atoms with E-state index in [0.29, 0.717) is 0 Å². The fourth-order valence-corrected chi connectivity index (χ4v) is 2.21. The molecule has 2 rings (SSSR count). The summed E-state index contributed by atoms with van der Waals surface area (Å²) in [4.78, 5) is 16.8. The molecule has 1 aliphatic heterocycles. The molecule has 1 aliphatic rings. The van der Waals surface area contributed by atoms with Gasteiger partial charge in [-0.3, -0.25) is 4.79 Å². The fourth-order valence-electron chi connectivity index (χ4n) is 2.21. The van der Waals surface area contributed by atoms with Crippen molar-refractivity contribution >= 4 is 11.7 Å². The molecule has 20 heavy (non-hydrogen) atoms. The standard InChI is InChI=1S/C12H13F4N3O/c13-9-8(1-4-18-10(9)17)11(20)19-5-2-7(3-6-19)12(14,15)16/h1,4,7H,2-3,5-6H2,(H2,17,18). The van der Waals surface area contributed by atoms with Crippen LogP contribution < -0.4 is 5.73 Å². The number of nitrogen functional groups attached to an aromatic ring is 1. The van der Waals surface area contributed by atoms with E-state index >= 15 is 0 Å². The van der Waals surface area contributed by atoms with E-state index in [1.54, 1.807) is 0 Å². The Hall–Kier alpha value is -1.86. The highest BCUT2D eigenvalue weighted by Gasteiger charge is 2.41. The van der Waals surface area contributed by atoms with Crippen molar-refractivity contribution in [3.63, 3.8) is 0 Å². The Morgan fingerprint density at radius 1 is 1.35 bits per heavy atom. The molecule has 0 unspecified atom stereocenters. The number of halogens is 4. The maximum atomic E-state index is 13.7. The van der Waals surface area contributed by atoms with E-state index in [-0.39, 0.29) is 31.5 Å². The number of hydrogen-bond acceptors (Lipinski definition) is 3. The first kappa shape index (κ1) is 14.5. The highest BCUT2D eigenvalue weighted by molar-refractivity contribution is 5.95. The van der Waals surface area contributed by atoms with E-state index in [0.717, 1.165) is 0 Å². The number of hydrogen-bond donors (Lipinski definition) is 1. The van der Waals surface area contributed by atoms with E-state index in [2.05, 4.69) is 4.98 Å². The maximum Gasteiger partial charge on any atom is 0.391 e. The molecule has 1 saturated heterocycles. The van der Waals surface area contributed by atoms with E-state index in [9.17, 15) is 22.4 Å². The number of alkyl halides is 3. The molecule has 0 aliphatic carbocycles. The summed E-state index contributed by atoms with van der Waals surface area (Å²) in [5, 5.41) is 0. The van der Waals surface area contributed by atoms with Crippen LogP contribution in [0.25, 0.3) is 0 Å². The highest BCUT2D eigenvalue weighted by atomic mass is 19.4. The lowest BCUT2D eigenvalue weighted by molar-refractivity contribution is -0.183. The van der Waals surface area contributed by atoms with Gasteiger partial charge in [0.25, 0.3) is 5.91 Å². The molecule has 1 amide bonds. The minimum Gasteiger partial charge on any atom is -0.381 e. The van der Waals surface area contributed by atoms with Crippen LogP contribution in [0.3, 0.4) is 0 Å². The van der Waals surface area contributed by atoms with Gasteiger partial charge < -0.3 is 10.6 Å². The van der Waals surface area contributed by atoms with Gasteiger partial charge in [-0.25, -0.2) is 9.37 Å². The third kappa shape index (κ3) is 2.83. The Kier molecular flexibility index (Phi) is 3.82. The van der Waals surface area contributed by atoms with Gasteiger partial charge in [-0.15, -0.1) is 0 Å². The van der Waals surface area contributed by atoms with Gasteiger partial charge in [0.05, 0.1) is 11.5 Å². The van der Waals surface area contributed by atoms with Gasteiger partial charge in [0, 0.05) is 19.3 Å². The minimum atomic E-state index is -4.25. The average molecular weight is 291 g/mol. The first-order valence-electron chi connectivity index (χ1n) is 6.06. The van der Waals surface area contributed by atoms with Crippen LogP contribution in [0, 0.1) is 11.7 Å². The molecule has 0 bridgehead atoms. The number of pyridine rings is 1. The summed E-state index contributed by atoms with van der Waals surface area (Å²) in [6.07, 6.45) is -3.40. The number of piperidine rings is 1. The number of anilines is 1. The summed E-state index contributed by atoms with van der Waals surface area (Å²) in [5.74, 6) is -3.40. The van der Waals surface area contributed by atoms with E-state index < -0.39 is 29.6 Å². The number of carbonyl (C=O) groups excluding carboxylic acids is 1. The highest BCUT2D eigenvalue weighted by Crippen LogP contribution is 2.34. The van der Waals surface area contributed by atoms with Crippen LogP contribution in [-0.2, 0) is 0 Å². The van der Waals surface area contributed by atoms with Crippen molar-refractivity contribution in [2.45, 2.75) is 19.0 Å². The lowest BCUT2D eigenvalue weighted by Gasteiger charge is -2.33. The van der Waals surface area contributed by atoms with E-state index in [1.807, 2.05) is 0 Å². The van der Waals surface area contributed by atoms with Crippen LogP contribution in [0.4, 0.5) is 23.4 Å². The second-order valence-electron chi connectivity index (χ2n) is 4.67. The molecule has 0 radical (unpaired) electrons. The maximum absolute atomic E-state index is 13.7. The predicted octanol–water partition coefficient (Wildman–Crippen LogP) is 2.22. The van der Waals surface area contributed by atoms with Crippen molar-refractivity contribution in [2.75, 3.05) is 18.8 Å². The zero-order valence-electron chi connectivity index (χ0n) is 10.5. The third-order valence-corrected chi connectivity index (χ3v) is 3.39. The van der Waals surface area contributed by atoms with Crippen LogP contribution in [-0.4, -0.2) is 35.1 Å². The first-order chi connectivity index (χ1) is 9.30. The second-order valence-corrected chi connectivity index (χ2v) is 4.67. The summed E-state index contributed by atoms with van der Waals surface area (Å²) in [6.45, 7) is -0.102. The molecule has 1 fully saturated rings. The van der Waals surface area contributed by atoms with Gasteiger partial charge in [-0.2, -0.15) is 13.2 Å². The molecule has 8 heteroatoms. The number of nitrogens with two attached hydrogens (primary N) is 1. The van der Waals surface area contributed by atoms with Crippen LogP contribution in [0.2, 0.25) is 0 Å². The minimum absolute atomic E-state index is 0.0509. The Bertz CT molecular complexity index is 510. The van der Waals surface area contributed by atoms with Crippen molar-refractivity contribution in [3.8, 4) is 0 Å². The quantitative estimate of drug-likeness (QED) is 0.807. The normalized spacial score (nSPS) is 17.3. The molecule has 2 heterocycles. The van der Waals surface area contributed by atoms with Crippen molar-refractivity contribution < 1.29 is 22.4 Å². The molecule has 0 aromatic carbocycles. The molecule has 0 saturated carbocycles. The third-order valence-electron chi connectivity index (χ3n) is 3.39. The number of rotatable bonds is 1. The SMILES string of the molecule is Nc1nccc(C(=O)N2CCC(C(F)(F)F)CC2)c1F. The molecule has 0 spiro atoms. The molecular weight excluding hydrogens is 278 g/mol. The lowest BCUT2D eigenvalue weighted by atomic mass is 9.96. The van der Waals surface area contributed by atoms with Crippen molar-refractivity contribution in [1.29, 1.82) is 0 Å². The monoisotopic (exact) mass is 291 g/mol. The Morgan fingerprint density at radius 2 is 1.95 bits per heavy atom. The average Bonchev–Trinajstić information content (AvgIpc) is 2.40. The number of carbonyl (C=O) groups is 1.